The fourth-order valence-corrected chi connectivity index (χ4v) is 4.34. The zero-order chi connectivity index (χ0) is 17.1. The summed E-state index contributed by atoms with van der Waals surface area (Å²) >= 11 is 1.67. The minimum absolute atomic E-state index is 0.00297. The third-order valence-corrected chi connectivity index (χ3v) is 5.79. The van der Waals surface area contributed by atoms with E-state index in [4.69, 9.17) is 0 Å². The first kappa shape index (κ1) is 16.5. The highest BCUT2D eigenvalue weighted by Crippen LogP contribution is 2.26. The summed E-state index contributed by atoms with van der Waals surface area (Å²) in [5, 5.41) is 6.18. The van der Waals surface area contributed by atoms with E-state index in [-0.39, 0.29) is 17.9 Å². The van der Waals surface area contributed by atoms with Crippen LogP contribution in [0.5, 0.6) is 0 Å². The lowest BCUT2D eigenvalue weighted by Gasteiger charge is -2.18. The van der Waals surface area contributed by atoms with E-state index in [2.05, 4.69) is 26.1 Å². The molecule has 2 atom stereocenters. The van der Waals surface area contributed by atoms with E-state index in [1.54, 1.807) is 11.3 Å². The Balaban J connectivity index is 1.35. The highest BCUT2D eigenvalue weighted by atomic mass is 32.1. The molecule has 0 bridgehead atoms. The summed E-state index contributed by atoms with van der Waals surface area (Å²) in [5.74, 6) is -0.0684. The second-order valence-corrected chi connectivity index (χ2v) is 7.39. The third kappa shape index (κ3) is 3.68. The van der Waals surface area contributed by atoms with Gasteiger partial charge in [-0.15, -0.1) is 11.3 Å². The SMILES string of the molecule is O=C(NCc1csc(N2CCCC2)n1)C1CNNC1c1ccccc1. The zero-order valence-electron chi connectivity index (χ0n) is 14.1. The monoisotopic (exact) mass is 357 g/mol. The van der Waals surface area contributed by atoms with Crippen molar-refractivity contribution < 1.29 is 4.79 Å². The first-order valence-electron chi connectivity index (χ1n) is 8.81. The third-order valence-electron chi connectivity index (χ3n) is 4.84. The molecule has 4 rings (SSSR count). The van der Waals surface area contributed by atoms with Crippen LogP contribution in [0.1, 0.15) is 30.1 Å². The molecule has 0 aliphatic carbocycles. The van der Waals surface area contributed by atoms with Crippen molar-refractivity contribution in [2.45, 2.75) is 25.4 Å². The number of hydrazine groups is 1. The summed E-state index contributed by atoms with van der Waals surface area (Å²) in [6.07, 6.45) is 2.49. The van der Waals surface area contributed by atoms with Gasteiger partial charge in [0.25, 0.3) is 0 Å². The molecule has 0 saturated carbocycles. The van der Waals surface area contributed by atoms with Crippen LogP contribution in [0.3, 0.4) is 0 Å². The molecule has 25 heavy (non-hydrogen) atoms. The van der Waals surface area contributed by atoms with E-state index in [1.165, 1.54) is 12.8 Å². The van der Waals surface area contributed by atoms with Gasteiger partial charge in [0.15, 0.2) is 5.13 Å². The summed E-state index contributed by atoms with van der Waals surface area (Å²) in [5.41, 5.74) is 8.39. The van der Waals surface area contributed by atoms with Gasteiger partial charge in [0, 0.05) is 25.0 Å². The Hall–Kier alpha value is -1.96. The van der Waals surface area contributed by atoms with Gasteiger partial charge in [-0.25, -0.2) is 10.4 Å². The van der Waals surface area contributed by atoms with Crippen molar-refractivity contribution in [3.05, 3.63) is 47.0 Å². The number of amides is 1. The maximum Gasteiger partial charge on any atom is 0.226 e. The number of carbonyl (C=O) groups excluding carboxylic acids is 1. The van der Waals surface area contributed by atoms with Gasteiger partial charge in [-0.3, -0.25) is 10.2 Å². The van der Waals surface area contributed by atoms with Crippen molar-refractivity contribution in [1.29, 1.82) is 0 Å². The maximum atomic E-state index is 12.6. The van der Waals surface area contributed by atoms with Crippen LogP contribution >= 0.6 is 11.3 Å². The molecule has 132 valence electrons. The summed E-state index contributed by atoms with van der Waals surface area (Å²) in [7, 11) is 0. The molecule has 6 nitrogen and oxygen atoms in total. The lowest BCUT2D eigenvalue weighted by Crippen LogP contribution is -2.34. The second-order valence-electron chi connectivity index (χ2n) is 6.55. The number of nitrogens with one attached hydrogen (secondary N) is 3. The van der Waals surface area contributed by atoms with E-state index in [1.807, 2.05) is 35.7 Å². The van der Waals surface area contributed by atoms with Crippen LogP contribution < -0.4 is 21.1 Å². The molecule has 2 aliphatic rings. The fraction of sp³-hybridized carbons (Fsp3) is 0.444. The largest absolute Gasteiger partial charge is 0.350 e. The molecule has 7 heteroatoms. The Bertz CT molecular complexity index is 713. The number of rotatable bonds is 5. The summed E-state index contributed by atoms with van der Waals surface area (Å²) in [6, 6.07) is 10.1. The number of anilines is 1. The Morgan fingerprint density at radius 3 is 2.88 bits per heavy atom. The topological polar surface area (TPSA) is 69.3 Å². The van der Waals surface area contributed by atoms with Gasteiger partial charge in [-0.2, -0.15) is 0 Å². The molecule has 2 unspecified atom stereocenters. The van der Waals surface area contributed by atoms with Gasteiger partial charge in [0.2, 0.25) is 5.91 Å². The predicted molar refractivity (Wildman–Crippen MR) is 99.2 cm³/mol. The number of hydrogen-bond acceptors (Lipinski definition) is 6. The van der Waals surface area contributed by atoms with E-state index >= 15 is 0 Å². The number of aromatic nitrogens is 1. The van der Waals surface area contributed by atoms with Gasteiger partial charge in [0.1, 0.15) is 0 Å². The van der Waals surface area contributed by atoms with E-state index in [0.29, 0.717) is 13.1 Å². The first-order chi connectivity index (χ1) is 12.3. The molecule has 1 amide bonds. The first-order valence-corrected chi connectivity index (χ1v) is 9.69. The van der Waals surface area contributed by atoms with Crippen LogP contribution in [0.15, 0.2) is 35.7 Å². The van der Waals surface area contributed by atoms with Crippen molar-refractivity contribution in [3.63, 3.8) is 0 Å². The summed E-state index contributed by atoms with van der Waals surface area (Å²) < 4.78 is 0. The molecule has 2 fully saturated rings. The fourth-order valence-electron chi connectivity index (χ4n) is 3.46. The number of nitrogens with zero attached hydrogens (tertiary/aromatic N) is 2. The molecular formula is C18H23N5OS. The average molecular weight is 357 g/mol. The molecule has 2 aromatic rings. The molecular weight excluding hydrogens is 334 g/mol. The van der Waals surface area contributed by atoms with Crippen LogP contribution in [0, 0.1) is 5.92 Å². The Morgan fingerprint density at radius 1 is 1.28 bits per heavy atom. The highest BCUT2D eigenvalue weighted by molar-refractivity contribution is 7.13. The summed E-state index contributed by atoms with van der Waals surface area (Å²) in [6.45, 7) is 3.30. The highest BCUT2D eigenvalue weighted by Gasteiger charge is 2.33. The molecule has 0 spiro atoms. The average Bonchev–Trinajstić information content (AvgIpc) is 3.41. The second kappa shape index (κ2) is 7.51. The standard InChI is InChI=1S/C18H23N5OS/c24-17(15-11-20-22-16(15)13-6-2-1-3-7-13)19-10-14-12-25-18(21-14)23-8-4-5-9-23/h1-3,6-7,12,15-16,20,22H,4-5,8-11H2,(H,19,24). The number of benzene rings is 1. The number of carbonyl (C=O) groups is 1. The molecule has 1 aromatic heterocycles. The molecule has 2 aliphatic heterocycles. The smallest absolute Gasteiger partial charge is 0.226 e. The van der Waals surface area contributed by atoms with Crippen molar-refractivity contribution in [3.8, 4) is 0 Å². The number of hydrogen-bond donors (Lipinski definition) is 3. The number of thiazole rings is 1. The van der Waals surface area contributed by atoms with Crippen LogP contribution in [-0.4, -0.2) is 30.5 Å². The van der Waals surface area contributed by atoms with Gasteiger partial charge in [-0.1, -0.05) is 30.3 Å². The van der Waals surface area contributed by atoms with Crippen molar-refractivity contribution in [1.82, 2.24) is 21.2 Å². The van der Waals surface area contributed by atoms with E-state index < -0.39 is 0 Å². The Kier molecular flexibility index (Phi) is 4.96. The van der Waals surface area contributed by atoms with Gasteiger partial charge >= 0.3 is 0 Å². The van der Waals surface area contributed by atoms with E-state index in [9.17, 15) is 4.79 Å². The van der Waals surface area contributed by atoms with Crippen LogP contribution in [0.2, 0.25) is 0 Å². The normalized spacial score (nSPS) is 23.1. The van der Waals surface area contributed by atoms with E-state index in [0.717, 1.165) is 29.5 Å². The molecule has 3 N–H and O–H groups in total. The van der Waals surface area contributed by atoms with Crippen LogP contribution in [-0.2, 0) is 11.3 Å². The maximum absolute atomic E-state index is 12.6. The molecule has 3 heterocycles. The molecule has 1 aromatic carbocycles. The Morgan fingerprint density at radius 2 is 2.08 bits per heavy atom. The minimum atomic E-state index is -0.126. The quantitative estimate of drug-likeness (QED) is 0.762. The van der Waals surface area contributed by atoms with Crippen molar-refractivity contribution in [2.75, 3.05) is 24.5 Å². The Labute approximate surface area is 151 Å². The zero-order valence-corrected chi connectivity index (χ0v) is 14.9. The molecule has 2 saturated heterocycles. The lowest BCUT2D eigenvalue weighted by molar-refractivity contribution is -0.125. The van der Waals surface area contributed by atoms with Gasteiger partial charge in [0.05, 0.1) is 24.2 Å². The van der Waals surface area contributed by atoms with Crippen LogP contribution in [0.25, 0.3) is 0 Å². The van der Waals surface area contributed by atoms with Crippen molar-refractivity contribution >= 4 is 22.4 Å². The van der Waals surface area contributed by atoms with Gasteiger partial charge < -0.3 is 10.2 Å². The summed E-state index contributed by atoms with van der Waals surface area (Å²) in [4.78, 5) is 19.6. The van der Waals surface area contributed by atoms with Gasteiger partial charge in [-0.05, 0) is 18.4 Å². The van der Waals surface area contributed by atoms with Crippen LogP contribution in [0.4, 0.5) is 5.13 Å². The minimum Gasteiger partial charge on any atom is -0.350 e. The predicted octanol–water partition coefficient (Wildman–Crippen LogP) is 1.82. The lowest BCUT2D eigenvalue weighted by atomic mass is 9.94. The molecule has 0 radical (unpaired) electrons. The van der Waals surface area contributed by atoms with Crippen molar-refractivity contribution in [2.24, 2.45) is 5.92 Å².